The highest BCUT2D eigenvalue weighted by atomic mass is 79.9. The highest BCUT2D eigenvalue weighted by Crippen LogP contribution is 2.35. The Kier molecular flexibility index (Phi) is 6.86. The van der Waals surface area contributed by atoms with E-state index in [4.69, 9.17) is 9.47 Å². The molecule has 0 spiro atoms. The number of halogens is 1. The zero-order valence-corrected chi connectivity index (χ0v) is 17.5. The van der Waals surface area contributed by atoms with Crippen LogP contribution in [0.15, 0.2) is 53.0 Å². The molecule has 1 heterocycles. The van der Waals surface area contributed by atoms with E-state index in [2.05, 4.69) is 21.2 Å². The lowest BCUT2D eigenvalue weighted by atomic mass is 9.73. The number of amides is 1. The first-order valence-electron chi connectivity index (χ1n) is 9.34. The van der Waals surface area contributed by atoms with E-state index >= 15 is 0 Å². The Hall–Kier alpha value is -2.18. The Balaban J connectivity index is 1.64. The molecule has 0 atom stereocenters. The minimum Gasteiger partial charge on any atom is -0.465 e. The summed E-state index contributed by atoms with van der Waals surface area (Å²) in [6.07, 6.45) is 2.04. The summed E-state index contributed by atoms with van der Waals surface area (Å²) in [5, 5.41) is 3.11. The van der Waals surface area contributed by atoms with E-state index in [0.717, 1.165) is 15.6 Å². The van der Waals surface area contributed by atoms with Gasteiger partial charge in [0.15, 0.2) is 0 Å². The molecule has 148 valence electrons. The van der Waals surface area contributed by atoms with E-state index in [-0.39, 0.29) is 11.9 Å². The van der Waals surface area contributed by atoms with Crippen LogP contribution in [0.3, 0.4) is 0 Å². The van der Waals surface area contributed by atoms with Gasteiger partial charge in [0, 0.05) is 24.2 Å². The van der Waals surface area contributed by atoms with E-state index in [1.54, 1.807) is 12.1 Å². The molecular weight excluding hydrogens is 422 g/mol. The number of benzene rings is 2. The van der Waals surface area contributed by atoms with Gasteiger partial charge in [-0.15, -0.1) is 0 Å². The Labute approximate surface area is 173 Å². The SMILES string of the molecule is COC(=O)c1ccc(CCNC(=O)C2(c3ccc(Br)cc3)CCOCC2)cc1. The fourth-order valence-corrected chi connectivity index (χ4v) is 3.81. The second-order valence-corrected chi connectivity index (χ2v) is 7.81. The predicted molar refractivity (Wildman–Crippen MR) is 110 cm³/mol. The lowest BCUT2D eigenvalue weighted by Gasteiger charge is -2.36. The Morgan fingerprint density at radius 1 is 1.07 bits per heavy atom. The van der Waals surface area contributed by atoms with Crippen molar-refractivity contribution in [3.05, 3.63) is 69.7 Å². The fourth-order valence-electron chi connectivity index (χ4n) is 3.55. The van der Waals surface area contributed by atoms with Gasteiger partial charge in [-0.2, -0.15) is 0 Å². The Morgan fingerprint density at radius 3 is 2.32 bits per heavy atom. The number of carbonyl (C=O) groups excluding carboxylic acids is 2. The van der Waals surface area contributed by atoms with Gasteiger partial charge in [-0.3, -0.25) is 4.79 Å². The molecular formula is C22H24BrNO4. The fraction of sp³-hybridized carbons (Fsp3) is 0.364. The van der Waals surface area contributed by atoms with Crippen LogP contribution in [-0.2, 0) is 26.1 Å². The summed E-state index contributed by atoms with van der Waals surface area (Å²) in [6, 6.07) is 15.2. The highest BCUT2D eigenvalue weighted by molar-refractivity contribution is 9.10. The normalized spacial score (nSPS) is 15.6. The molecule has 1 aliphatic heterocycles. The van der Waals surface area contributed by atoms with E-state index in [0.29, 0.717) is 44.6 Å². The average Bonchev–Trinajstić information content (AvgIpc) is 2.74. The van der Waals surface area contributed by atoms with Gasteiger partial charge in [-0.25, -0.2) is 4.79 Å². The van der Waals surface area contributed by atoms with Crippen LogP contribution in [0.4, 0.5) is 0 Å². The highest BCUT2D eigenvalue weighted by Gasteiger charge is 2.41. The number of hydrogen-bond donors (Lipinski definition) is 1. The van der Waals surface area contributed by atoms with Crippen molar-refractivity contribution in [1.82, 2.24) is 5.32 Å². The predicted octanol–water partition coefficient (Wildman–Crippen LogP) is 3.64. The van der Waals surface area contributed by atoms with Crippen LogP contribution in [0.2, 0.25) is 0 Å². The van der Waals surface area contributed by atoms with Gasteiger partial charge in [-0.1, -0.05) is 40.2 Å². The van der Waals surface area contributed by atoms with Crippen LogP contribution in [0.1, 0.15) is 34.3 Å². The number of carbonyl (C=O) groups is 2. The summed E-state index contributed by atoms with van der Waals surface area (Å²) in [5.74, 6) is -0.305. The third kappa shape index (κ3) is 4.62. The van der Waals surface area contributed by atoms with E-state index in [9.17, 15) is 9.59 Å². The number of rotatable bonds is 6. The summed E-state index contributed by atoms with van der Waals surface area (Å²) in [5.41, 5.74) is 2.05. The monoisotopic (exact) mass is 445 g/mol. The molecule has 0 aliphatic carbocycles. The summed E-state index contributed by atoms with van der Waals surface area (Å²) in [7, 11) is 1.36. The Morgan fingerprint density at radius 2 is 1.71 bits per heavy atom. The maximum atomic E-state index is 13.1. The molecule has 1 saturated heterocycles. The minimum atomic E-state index is -0.548. The van der Waals surface area contributed by atoms with Crippen LogP contribution >= 0.6 is 15.9 Å². The molecule has 1 amide bonds. The minimum absolute atomic E-state index is 0.0457. The second-order valence-electron chi connectivity index (χ2n) is 6.90. The van der Waals surface area contributed by atoms with Crippen LogP contribution in [0.25, 0.3) is 0 Å². The van der Waals surface area contributed by atoms with E-state index in [1.165, 1.54) is 7.11 Å². The molecule has 6 heteroatoms. The number of esters is 1. The van der Waals surface area contributed by atoms with Crippen molar-refractivity contribution in [3.8, 4) is 0 Å². The van der Waals surface area contributed by atoms with Crippen LogP contribution < -0.4 is 5.32 Å². The summed E-state index contributed by atoms with van der Waals surface area (Å²) >= 11 is 3.46. The molecule has 28 heavy (non-hydrogen) atoms. The van der Waals surface area contributed by atoms with Gasteiger partial charge in [0.1, 0.15) is 0 Å². The topological polar surface area (TPSA) is 64.6 Å². The van der Waals surface area contributed by atoms with Crippen molar-refractivity contribution in [2.75, 3.05) is 26.9 Å². The van der Waals surface area contributed by atoms with Crippen molar-refractivity contribution in [1.29, 1.82) is 0 Å². The first-order chi connectivity index (χ1) is 13.5. The molecule has 5 nitrogen and oxygen atoms in total. The lowest BCUT2D eigenvalue weighted by Crippen LogP contribution is -2.48. The molecule has 1 aliphatic rings. The quantitative estimate of drug-likeness (QED) is 0.689. The molecule has 0 bridgehead atoms. The van der Waals surface area contributed by atoms with Gasteiger partial charge >= 0.3 is 5.97 Å². The Bertz CT molecular complexity index is 811. The van der Waals surface area contributed by atoms with Crippen molar-refractivity contribution in [3.63, 3.8) is 0 Å². The first kappa shape index (κ1) is 20.6. The van der Waals surface area contributed by atoms with Crippen molar-refractivity contribution >= 4 is 27.8 Å². The molecule has 2 aromatic carbocycles. The van der Waals surface area contributed by atoms with Gasteiger partial charge in [0.25, 0.3) is 0 Å². The molecule has 0 unspecified atom stereocenters. The first-order valence-corrected chi connectivity index (χ1v) is 10.1. The number of methoxy groups -OCH3 is 1. The molecule has 0 radical (unpaired) electrons. The number of nitrogens with one attached hydrogen (secondary N) is 1. The lowest BCUT2D eigenvalue weighted by molar-refractivity contribution is -0.130. The van der Waals surface area contributed by atoms with E-state index in [1.807, 2.05) is 36.4 Å². The molecule has 0 aromatic heterocycles. The standard InChI is InChI=1S/C22H24BrNO4/c1-27-20(25)17-4-2-16(3-5-17)10-13-24-21(26)22(11-14-28-15-12-22)18-6-8-19(23)9-7-18/h2-9H,10-15H2,1H3,(H,24,26). The van der Waals surface area contributed by atoms with E-state index < -0.39 is 5.41 Å². The van der Waals surface area contributed by atoms with Crippen LogP contribution in [-0.4, -0.2) is 38.7 Å². The smallest absolute Gasteiger partial charge is 0.337 e. The van der Waals surface area contributed by atoms with Crippen LogP contribution in [0.5, 0.6) is 0 Å². The molecule has 1 fully saturated rings. The maximum Gasteiger partial charge on any atom is 0.337 e. The van der Waals surface area contributed by atoms with Gasteiger partial charge in [0.2, 0.25) is 5.91 Å². The van der Waals surface area contributed by atoms with Gasteiger partial charge < -0.3 is 14.8 Å². The van der Waals surface area contributed by atoms with Crippen LogP contribution in [0, 0.1) is 0 Å². The van der Waals surface area contributed by atoms with Gasteiger partial charge in [-0.05, 0) is 54.7 Å². The second kappa shape index (κ2) is 9.34. The van der Waals surface area contributed by atoms with Gasteiger partial charge in [0.05, 0.1) is 18.1 Å². The average molecular weight is 446 g/mol. The van der Waals surface area contributed by atoms with Crippen molar-refractivity contribution in [2.45, 2.75) is 24.7 Å². The summed E-state index contributed by atoms with van der Waals surface area (Å²) < 4.78 is 11.2. The zero-order valence-electron chi connectivity index (χ0n) is 15.9. The molecule has 2 aromatic rings. The molecule has 3 rings (SSSR count). The van der Waals surface area contributed by atoms with Crippen molar-refractivity contribution in [2.24, 2.45) is 0 Å². The molecule has 0 saturated carbocycles. The third-order valence-electron chi connectivity index (χ3n) is 5.25. The summed E-state index contributed by atoms with van der Waals surface area (Å²) in [4.78, 5) is 24.6. The molecule has 1 N–H and O–H groups in total. The number of hydrogen-bond acceptors (Lipinski definition) is 4. The summed E-state index contributed by atoms with van der Waals surface area (Å²) in [6.45, 7) is 1.70. The van der Waals surface area contributed by atoms with Crippen molar-refractivity contribution < 1.29 is 19.1 Å². The maximum absolute atomic E-state index is 13.1. The zero-order chi connectivity index (χ0) is 20.0. The largest absolute Gasteiger partial charge is 0.465 e. The third-order valence-corrected chi connectivity index (χ3v) is 5.78. The number of ether oxygens (including phenoxy) is 2.